The number of carbonyl (C=O) groups excluding carboxylic acids is 2. The third-order valence-electron chi connectivity index (χ3n) is 3.75. The number of carbonyl (C=O) groups is 2. The maximum atomic E-state index is 11.8. The number of ether oxygens (including phenoxy) is 1. The van der Waals surface area contributed by atoms with Crippen molar-refractivity contribution in [3.8, 4) is 0 Å². The molecule has 0 aliphatic heterocycles. The molecule has 0 aliphatic rings. The lowest BCUT2D eigenvalue weighted by molar-refractivity contribution is -0.143. The van der Waals surface area contributed by atoms with E-state index in [1.165, 1.54) is 17.8 Å². The molecule has 162 valence electrons. The van der Waals surface area contributed by atoms with Gasteiger partial charge in [0, 0.05) is 30.5 Å². The van der Waals surface area contributed by atoms with Gasteiger partial charge in [-0.3, -0.25) is 25.3 Å². The van der Waals surface area contributed by atoms with Gasteiger partial charge in [-0.25, -0.2) is 9.78 Å². The Kier molecular flexibility index (Phi) is 12.2. The van der Waals surface area contributed by atoms with Gasteiger partial charge < -0.3 is 15.8 Å². The second-order valence-corrected chi connectivity index (χ2v) is 7.56. The number of H-pyrrole nitrogens is 1. The molecule has 0 aliphatic carbocycles. The highest BCUT2D eigenvalue weighted by Crippen LogP contribution is 2.07. The summed E-state index contributed by atoms with van der Waals surface area (Å²) in [6, 6.07) is 0.932. The summed E-state index contributed by atoms with van der Waals surface area (Å²) >= 11 is 1.24. The molecule has 0 unspecified atom stereocenters. The van der Waals surface area contributed by atoms with Crippen LogP contribution in [0.1, 0.15) is 50.6 Å². The number of nitrogens with two attached hydrogens (primary N) is 1. The van der Waals surface area contributed by atoms with Crippen LogP contribution >= 0.6 is 11.8 Å². The fraction of sp³-hybridized carbons (Fsp3) is 0.611. The first-order valence-electron chi connectivity index (χ1n) is 9.62. The quantitative estimate of drug-likeness (QED) is 0.139. The van der Waals surface area contributed by atoms with E-state index in [0.29, 0.717) is 37.4 Å². The van der Waals surface area contributed by atoms with Crippen LogP contribution in [0.15, 0.2) is 10.9 Å². The lowest BCUT2D eigenvalue weighted by atomic mass is 10.1. The van der Waals surface area contributed by atoms with Crippen molar-refractivity contribution in [2.75, 3.05) is 24.2 Å². The van der Waals surface area contributed by atoms with Gasteiger partial charge in [0.1, 0.15) is 0 Å². The molecule has 2 amide bonds. The second kappa shape index (κ2) is 14.4. The first kappa shape index (κ1) is 24.5. The molecule has 29 heavy (non-hydrogen) atoms. The fourth-order valence-corrected chi connectivity index (χ4v) is 2.90. The van der Waals surface area contributed by atoms with E-state index < -0.39 is 6.03 Å². The number of amidine groups is 1. The number of unbranched alkanes of at least 4 members (excludes halogenated alkanes) is 4. The Morgan fingerprint density at radius 1 is 1.24 bits per heavy atom. The SMILES string of the molecule is Cc1cc(=O)[nH]c(NC(=O)NCCCCCCCC(=O)OCCCSC(=N)N)n1. The van der Waals surface area contributed by atoms with Crippen LogP contribution in [0.25, 0.3) is 0 Å². The predicted molar refractivity (Wildman–Crippen MR) is 114 cm³/mol. The van der Waals surface area contributed by atoms with Crippen LogP contribution in [-0.2, 0) is 9.53 Å². The van der Waals surface area contributed by atoms with Gasteiger partial charge in [0.15, 0.2) is 5.17 Å². The molecule has 1 aromatic rings. The van der Waals surface area contributed by atoms with Crippen LogP contribution in [0.4, 0.5) is 10.7 Å². The van der Waals surface area contributed by atoms with Gasteiger partial charge in [0.25, 0.3) is 5.56 Å². The Morgan fingerprint density at radius 3 is 2.69 bits per heavy atom. The molecule has 0 fully saturated rings. The number of esters is 1. The lowest BCUT2D eigenvalue weighted by Crippen LogP contribution is -2.31. The van der Waals surface area contributed by atoms with E-state index in [-0.39, 0.29) is 22.6 Å². The Balaban J connectivity index is 1.96. The number of amides is 2. The number of hydrogen-bond acceptors (Lipinski definition) is 7. The van der Waals surface area contributed by atoms with Crippen molar-refractivity contribution in [3.63, 3.8) is 0 Å². The summed E-state index contributed by atoms with van der Waals surface area (Å²) < 4.78 is 5.11. The first-order chi connectivity index (χ1) is 13.9. The average Bonchev–Trinajstić information content (AvgIpc) is 2.62. The summed E-state index contributed by atoms with van der Waals surface area (Å²) in [5.74, 6) is 0.602. The van der Waals surface area contributed by atoms with Crippen LogP contribution in [0.5, 0.6) is 0 Å². The van der Waals surface area contributed by atoms with Gasteiger partial charge in [-0.2, -0.15) is 0 Å². The summed E-state index contributed by atoms with van der Waals surface area (Å²) in [5.41, 5.74) is 5.43. The maximum Gasteiger partial charge on any atom is 0.321 e. The molecule has 0 radical (unpaired) electrons. The molecule has 1 heterocycles. The molecular formula is C18H30N6O4S. The zero-order valence-electron chi connectivity index (χ0n) is 16.7. The van der Waals surface area contributed by atoms with Crippen molar-refractivity contribution in [2.24, 2.45) is 5.73 Å². The Labute approximate surface area is 174 Å². The number of thioether (sulfide) groups is 1. The van der Waals surface area contributed by atoms with Crippen LogP contribution in [0, 0.1) is 12.3 Å². The molecule has 0 spiro atoms. The summed E-state index contributed by atoms with van der Waals surface area (Å²) in [6.07, 6.45) is 5.53. The zero-order valence-corrected chi connectivity index (χ0v) is 17.5. The largest absolute Gasteiger partial charge is 0.466 e. The van der Waals surface area contributed by atoms with Gasteiger partial charge >= 0.3 is 12.0 Å². The topological polar surface area (TPSA) is 163 Å². The van der Waals surface area contributed by atoms with Crippen LogP contribution in [0.2, 0.25) is 0 Å². The molecule has 10 nitrogen and oxygen atoms in total. The lowest BCUT2D eigenvalue weighted by Gasteiger charge is -2.07. The number of aryl methyl sites for hydroxylation is 1. The van der Waals surface area contributed by atoms with Crippen molar-refractivity contribution in [1.29, 1.82) is 5.41 Å². The van der Waals surface area contributed by atoms with Crippen LogP contribution in [0.3, 0.4) is 0 Å². The number of aromatic nitrogens is 2. The third kappa shape index (κ3) is 13.3. The van der Waals surface area contributed by atoms with E-state index in [2.05, 4.69) is 20.6 Å². The second-order valence-electron chi connectivity index (χ2n) is 6.42. The number of hydrogen-bond donors (Lipinski definition) is 5. The van der Waals surface area contributed by atoms with Gasteiger partial charge in [0.05, 0.1) is 6.61 Å². The van der Waals surface area contributed by atoms with Crippen LogP contribution in [-0.4, -0.2) is 46.0 Å². The highest BCUT2D eigenvalue weighted by atomic mass is 32.2. The van der Waals surface area contributed by atoms with E-state index in [1.54, 1.807) is 6.92 Å². The highest BCUT2D eigenvalue weighted by molar-refractivity contribution is 8.13. The molecule has 0 bridgehead atoms. The molecule has 6 N–H and O–H groups in total. The molecule has 1 aromatic heterocycles. The number of nitrogens with one attached hydrogen (secondary N) is 4. The summed E-state index contributed by atoms with van der Waals surface area (Å²) in [7, 11) is 0. The number of aromatic amines is 1. The van der Waals surface area contributed by atoms with Gasteiger partial charge in [0.2, 0.25) is 5.95 Å². The monoisotopic (exact) mass is 426 g/mol. The molecule has 1 rings (SSSR count). The van der Waals surface area contributed by atoms with E-state index in [4.69, 9.17) is 15.9 Å². The molecule has 0 atom stereocenters. The van der Waals surface area contributed by atoms with E-state index in [1.807, 2.05) is 0 Å². The van der Waals surface area contributed by atoms with Crippen molar-refractivity contribution in [2.45, 2.75) is 51.9 Å². The van der Waals surface area contributed by atoms with Crippen molar-refractivity contribution in [3.05, 3.63) is 22.1 Å². The van der Waals surface area contributed by atoms with Gasteiger partial charge in [-0.05, 0) is 26.2 Å². The third-order valence-corrected chi connectivity index (χ3v) is 4.56. The number of nitrogens with zero attached hydrogens (tertiary/aromatic N) is 1. The van der Waals surface area contributed by atoms with Gasteiger partial charge in [-0.15, -0.1) is 0 Å². The van der Waals surface area contributed by atoms with E-state index in [9.17, 15) is 14.4 Å². The minimum atomic E-state index is -0.414. The van der Waals surface area contributed by atoms with Crippen molar-refractivity contribution in [1.82, 2.24) is 15.3 Å². The molecule has 0 saturated heterocycles. The molecule has 0 saturated carbocycles. The first-order valence-corrected chi connectivity index (χ1v) is 10.6. The van der Waals surface area contributed by atoms with Crippen molar-refractivity contribution >= 4 is 34.9 Å². The minimum Gasteiger partial charge on any atom is -0.466 e. The number of rotatable bonds is 13. The molecular weight excluding hydrogens is 396 g/mol. The Hall–Kier alpha value is -2.56. The minimum absolute atomic E-state index is 0.0757. The average molecular weight is 427 g/mol. The summed E-state index contributed by atoms with van der Waals surface area (Å²) in [4.78, 5) is 41.1. The number of urea groups is 1. The normalized spacial score (nSPS) is 10.4. The summed E-state index contributed by atoms with van der Waals surface area (Å²) in [6.45, 7) is 2.55. The highest BCUT2D eigenvalue weighted by Gasteiger charge is 2.05. The maximum absolute atomic E-state index is 11.8. The zero-order chi connectivity index (χ0) is 21.5. The fourth-order valence-electron chi connectivity index (χ4n) is 2.42. The smallest absolute Gasteiger partial charge is 0.321 e. The van der Waals surface area contributed by atoms with Crippen molar-refractivity contribution < 1.29 is 14.3 Å². The predicted octanol–water partition coefficient (Wildman–Crippen LogP) is 2.10. The van der Waals surface area contributed by atoms with Crippen LogP contribution < -0.4 is 21.9 Å². The standard InChI is InChI=1S/C18H30N6O4S/c1-13-12-14(25)23-17(22-13)24-18(27)21-9-6-4-2-3-5-8-15(26)28-10-7-11-29-16(19)20/h12H,2-11H2,1H3,(H3,19,20)(H3,21,22,23,24,25,27). The van der Waals surface area contributed by atoms with E-state index in [0.717, 1.165) is 32.1 Å². The van der Waals surface area contributed by atoms with E-state index >= 15 is 0 Å². The molecule has 0 aromatic carbocycles. The Morgan fingerprint density at radius 2 is 1.97 bits per heavy atom. The molecule has 11 heteroatoms. The van der Waals surface area contributed by atoms with Gasteiger partial charge in [-0.1, -0.05) is 31.0 Å². The summed E-state index contributed by atoms with van der Waals surface area (Å²) in [5, 5.41) is 12.3. The Bertz CT molecular complexity index is 725. The number of anilines is 1.